The second-order valence-electron chi connectivity index (χ2n) is 4.74. The maximum atomic E-state index is 12.0. The molecule has 0 saturated carbocycles. The molecule has 0 saturated heterocycles. The van der Waals surface area contributed by atoms with Crippen LogP contribution in [0, 0.1) is 6.92 Å². The third-order valence-electron chi connectivity index (χ3n) is 3.20. The van der Waals surface area contributed by atoms with E-state index in [4.69, 9.17) is 21.1 Å². The number of hydrogen-bond donors (Lipinski definition) is 1. The molecule has 0 fully saturated rings. The highest BCUT2D eigenvalue weighted by Gasteiger charge is 2.15. The number of carbonyl (C=O) groups is 2. The summed E-state index contributed by atoms with van der Waals surface area (Å²) in [5.41, 5.74) is 1.59. The molecule has 23 heavy (non-hydrogen) atoms. The van der Waals surface area contributed by atoms with Crippen LogP contribution in [0.1, 0.15) is 15.9 Å². The van der Waals surface area contributed by atoms with Crippen LogP contribution in [0.2, 0.25) is 5.02 Å². The monoisotopic (exact) mass is 333 g/mol. The Bertz CT molecular complexity index is 730. The smallest absolute Gasteiger partial charge is 0.342 e. The molecular formula is C17H16ClNO4. The summed E-state index contributed by atoms with van der Waals surface area (Å²) in [5.74, 6) is -0.678. The van der Waals surface area contributed by atoms with Crippen molar-refractivity contribution in [2.24, 2.45) is 0 Å². The number of hydrogen-bond acceptors (Lipinski definition) is 4. The number of halogens is 1. The van der Waals surface area contributed by atoms with Crippen molar-refractivity contribution in [2.45, 2.75) is 6.92 Å². The third kappa shape index (κ3) is 4.23. The molecule has 0 aromatic heterocycles. The summed E-state index contributed by atoms with van der Waals surface area (Å²) in [6.07, 6.45) is 0. The highest BCUT2D eigenvalue weighted by Crippen LogP contribution is 2.23. The molecule has 1 N–H and O–H groups in total. The normalized spacial score (nSPS) is 10.0. The first-order valence-electron chi connectivity index (χ1n) is 6.88. The van der Waals surface area contributed by atoms with E-state index in [0.29, 0.717) is 16.5 Å². The molecule has 0 aliphatic rings. The standard InChI is InChI=1S/C17H16ClNO4/c1-11-13(18)7-5-8-14(11)19-16(20)10-23-17(21)12-6-3-4-9-15(12)22-2/h3-9H,10H2,1-2H3,(H,19,20). The Balaban J connectivity index is 1.96. The summed E-state index contributed by atoms with van der Waals surface area (Å²) < 4.78 is 10.1. The Kier molecular flexibility index (Phi) is 5.60. The van der Waals surface area contributed by atoms with Gasteiger partial charge >= 0.3 is 5.97 Å². The zero-order chi connectivity index (χ0) is 16.8. The van der Waals surface area contributed by atoms with E-state index >= 15 is 0 Å². The summed E-state index contributed by atoms with van der Waals surface area (Å²) in [7, 11) is 1.46. The number of para-hydroxylation sites is 1. The van der Waals surface area contributed by atoms with Crippen LogP contribution in [0.3, 0.4) is 0 Å². The van der Waals surface area contributed by atoms with Crippen molar-refractivity contribution in [2.75, 3.05) is 19.0 Å². The van der Waals surface area contributed by atoms with Gasteiger partial charge in [-0.05, 0) is 36.8 Å². The van der Waals surface area contributed by atoms with Gasteiger partial charge in [-0.1, -0.05) is 29.8 Å². The van der Waals surface area contributed by atoms with Crippen LogP contribution in [0.15, 0.2) is 42.5 Å². The van der Waals surface area contributed by atoms with Crippen LogP contribution in [-0.2, 0) is 9.53 Å². The number of nitrogens with one attached hydrogen (secondary N) is 1. The first-order chi connectivity index (χ1) is 11.0. The molecule has 0 atom stereocenters. The van der Waals surface area contributed by atoms with Gasteiger partial charge < -0.3 is 14.8 Å². The Morgan fingerprint density at radius 1 is 1.13 bits per heavy atom. The van der Waals surface area contributed by atoms with Crippen molar-refractivity contribution < 1.29 is 19.1 Å². The van der Waals surface area contributed by atoms with Gasteiger partial charge in [-0.2, -0.15) is 0 Å². The summed E-state index contributed by atoms with van der Waals surface area (Å²) in [4.78, 5) is 23.9. The fourth-order valence-corrected chi connectivity index (χ4v) is 2.13. The summed E-state index contributed by atoms with van der Waals surface area (Å²) >= 11 is 5.99. The van der Waals surface area contributed by atoms with Crippen LogP contribution in [0.4, 0.5) is 5.69 Å². The van der Waals surface area contributed by atoms with E-state index in [1.807, 2.05) is 0 Å². The molecule has 0 radical (unpaired) electrons. The highest BCUT2D eigenvalue weighted by atomic mass is 35.5. The number of esters is 1. The van der Waals surface area contributed by atoms with Crippen LogP contribution >= 0.6 is 11.6 Å². The van der Waals surface area contributed by atoms with Crippen LogP contribution < -0.4 is 10.1 Å². The van der Waals surface area contributed by atoms with Gasteiger partial charge in [-0.3, -0.25) is 4.79 Å². The second-order valence-corrected chi connectivity index (χ2v) is 5.14. The molecule has 0 bridgehead atoms. The average Bonchev–Trinajstić information content (AvgIpc) is 2.56. The minimum atomic E-state index is -0.625. The molecule has 5 nitrogen and oxygen atoms in total. The molecule has 0 aliphatic heterocycles. The highest BCUT2D eigenvalue weighted by molar-refractivity contribution is 6.31. The molecule has 0 spiro atoms. The Morgan fingerprint density at radius 2 is 1.87 bits per heavy atom. The van der Waals surface area contributed by atoms with Crippen LogP contribution in [0.5, 0.6) is 5.75 Å². The van der Waals surface area contributed by atoms with Gasteiger partial charge in [0, 0.05) is 10.7 Å². The SMILES string of the molecule is COc1ccccc1C(=O)OCC(=O)Nc1cccc(Cl)c1C. The topological polar surface area (TPSA) is 64.6 Å². The number of anilines is 1. The van der Waals surface area contributed by atoms with Crippen molar-refractivity contribution in [1.82, 2.24) is 0 Å². The number of ether oxygens (including phenoxy) is 2. The van der Waals surface area contributed by atoms with Crippen LogP contribution in [0.25, 0.3) is 0 Å². The maximum absolute atomic E-state index is 12.0. The molecular weight excluding hydrogens is 318 g/mol. The molecule has 0 unspecified atom stereocenters. The Labute approximate surface area is 139 Å². The predicted octanol–water partition coefficient (Wildman–Crippen LogP) is 3.45. The number of benzene rings is 2. The molecule has 2 aromatic rings. The second kappa shape index (κ2) is 7.65. The quantitative estimate of drug-likeness (QED) is 0.851. The van der Waals surface area contributed by atoms with Crippen molar-refractivity contribution in [1.29, 1.82) is 0 Å². The van der Waals surface area contributed by atoms with E-state index in [0.717, 1.165) is 5.56 Å². The zero-order valence-corrected chi connectivity index (χ0v) is 13.5. The molecule has 0 aliphatic carbocycles. The van der Waals surface area contributed by atoms with Crippen molar-refractivity contribution in [3.05, 3.63) is 58.6 Å². The lowest BCUT2D eigenvalue weighted by Gasteiger charge is -2.11. The zero-order valence-electron chi connectivity index (χ0n) is 12.8. The fraction of sp³-hybridized carbons (Fsp3) is 0.176. The number of rotatable bonds is 5. The fourth-order valence-electron chi connectivity index (χ4n) is 1.95. The van der Waals surface area contributed by atoms with Gasteiger partial charge in [0.1, 0.15) is 11.3 Å². The Hall–Kier alpha value is -2.53. The third-order valence-corrected chi connectivity index (χ3v) is 3.61. The van der Waals surface area contributed by atoms with Crippen LogP contribution in [-0.4, -0.2) is 25.6 Å². The first kappa shape index (κ1) is 16.8. The predicted molar refractivity (Wildman–Crippen MR) is 88.1 cm³/mol. The van der Waals surface area contributed by atoms with Gasteiger partial charge in [0.15, 0.2) is 6.61 Å². The van der Waals surface area contributed by atoms with Crippen molar-refractivity contribution in [3.63, 3.8) is 0 Å². The van der Waals surface area contributed by atoms with Gasteiger partial charge in [-0.15, -0.1) is 0 Å². The van der Waals surface area contributed by atoms with E-state index in [1.165, 1.54) is 7.11 Å². The van der Waals surface area contributed by atoms with E-state index in [9.17, 15) is 9.59 Å². The summed E-state index contributed by atoms with van der Waals surface area (Å²) in [6, 6.07) is 11.8. The minimum absolute atomic E-state index is 0.265. The van der Waals surface area contributed by atoms with Gasteiger partial charge in [0.25, 0.3) is 5.91 Å². The number of methoxy groups -OCH3 is 1. The largest absolute Gasteiger partial charge is 0.496 e. The number of carbonyl (C=O) groups excluding carboxylic acids is 2. The average molecular weight is 334 g/mol. The molecule has 2 rings (SSSR count). The van der Waals surface area contributed by atoms with E-state index < -0.39 is 18.5 Å². The lowest BCUT2D eigenvalue weighted by Crippen LogP contribution is -2.21. The molecule has 6 heteroatoms. The molecule has 1 amide bonds. The lowest BCUT2D eigenvalue weighted by atomic mass is 10.2. The van der Waals surface area contributed by atoms with E-state index in [1.54, 1.807) is 49.4 Å². The summed E-state index contributed by atoms with van der Waals surface area (Å²) in [5, 5.41) is 3.20. The lowest BCUT2D eigenvalue weighted by molar-refractivity contribution is -0.119. The van der Waals surface area contributed by atoms with Gasteiger partial charge in [-0.25, -0.2) is 4.79 Å². The van der Waals surface area contributed by atoms with E-state index in [2.05, 4.69) is 5.32 Å². The number of amides is 1. The van der Waals surface area contributed by atoms with E-state index in [-0.39, 0.29) is 5.56 Å². The van der Waals surface area contributed by atoms with Crippen molar-refractivity contribution in [3.8, 4) is 5.75 Å². The Morgan fingerprint density at radius 3 is 2.61 bits per heavy atom. The molecule has 0 heterocycles. The molecule has 120 valence electrons. The molecule has 2 aromatic carbocycles. The first-order valence-corrected chi connectivity index (χ1v) is 7.26. The summed E-state index contributed by atoms with van der Waals surface area (Å²) in [6.45, 7) is 1.39. The minimum Gasteiger partial charge on any atom is -0.496 e. The van der Waals surface area contributed by atoms with Crippen molar-refractivity contribution >= 4 is 29.2 Å². The maximum Gasteiger partial charge on any atom is 0.342 e. The van der Waals surface area contributed by atoms with Gasteiger partial charge in [0.05, 0.1) is 7.11 Å². The van der Waals surface area contributed by atoms with Gasteiger partial charge in [0.2, 0.25) is 0 Å².